The zero-order valence-electron chi connectivity index (χ0n) is 20.2. The Balaban J connectivity index is 1.78. The Morgan fingerprint density at radius 3 is 2.56 bits per heavy atom. The van der Waals surface area contributed by atoms with Crippen LogP contribution in [-0.4, -0.2) is 51.8 Å². The first-order valence-electron chi connectivity index (χ1n) is 12.1. The summed E-state index contributed by atoms with van der Waals surface area (Å²) < 4.78 is 10.9. The Kier molecular flexibility index (Phi) is 6.13. The second-order valence-corrected chi connectivity index (χ2v) is 11.3. The fourth-order valence-electron chi connectivity index (χ4n) is 7.43. The van der Waals surface area contributed by atoms with E-state index in [1.807, 2.05) is 19.9 Å². The van der Waals surface area contributed by atoms with E-state index < -0.39 is 51.7 Å². The van der Waals surface area contributed by atoms with Crippen molar-refractivity contribution >= 4 is 35.1 Å². The van der Waals surface area contributed by atoms with Crippen molar-refractivity contribution in [3.05, 3.63) is 23.8 Å². The van der Waals surface area contributed by atoms with Crippen LogP contribution in [0.4, 0.5) is 0 Å². The van der Waals surface area contributed by atoms with Crippen LogP contribution in [0, 0.1) is 22.7 Å². The van der Waals surface area contributed by atoms with Crippen LogP contribution in [0.3, 0.4) is 0 Å². The standard InChI is InChI=1S/C26H33ClO7/c1-5-22(32)34-25(21(31)14-33-15(2)28)11-9-18-19-7-6-16-12-17(29)8-10-23(16,3)26(19,27)20(30)13-24(18,25)4/h8,10,12,18-20,30H,5-7,9,11,13-14H2,1-4H3/t18-,19-,20?,23-,24-,25-,26?/m0/s1. The number of aliphatic hydroxyl groups is 1. The fraction of sp³-hybridized carbons (Fsp3) is 0.692. The maximum absolute atomic E-state index is 13.5. The van der Waals surface area contributed by atoms with Gasteiger partial charge in [0.15, 0.2) is 18.0 Å². The summed E-state index contributed by atoms with van der Waals surface area (Å²) in [6.07, 6.45) is 6.37. The molecule has 34 heavy (non-hydrogen) atoms. The normalized spacial score (nSPS) is 42.7. The Bertz CT molecular complexity index is 1000. The zero-order chi connectivity index (χ0) is 25.1. The van der Waals surface area contributed by atoms with Gasteiger partial charge in [-0.2, -0.15) is 0 Å². The number of alkyl halides is 1. The van der Waals surface area contributed by atoms with Crippen LogP contribution in [0.25, 0.3) is 0 Å². The van der Waals surface area contributed by atoms with E-state index in [0.717, 1.165) is 5.57 Å². The lowest BCUT2D eigenvalue weighted by Crippen LogP contribution is -2.69. The number of Topliss-reactive ketones (excluding diaryl/α,β-unsaturated/α-hetero) is 1. The summed E-state index contributed by atoms with van der Waals surface area (Å²) in [7, 11) is 0. The molecule has 186 valence electrons. The number of allylic oxidation sites excluding steroid dienone is 4. The lowest BCUT2D eigenvalue weighted by Gasteiger charge is -2.64. The second kappa shape index (κ2) is 8.30. The molecule has 7 nitrogen and oxygen atoms in total. The van der Waals surface area contributed by atoms with E-state index in [1.165, 1.54) is 13.0 Å². The number of ether oxygens (including phenoxy) is 2. The average molecular weight is 493 g/mol. The molecular formula is C26H33ClO7. The number of aliphatic hydroxyl groups excluding tert-OH is 1. The Morgan fingerprint density at radius 1 is 1.21 bits per heavy atom. The predicted molar refractivity (Wildman–Crippen MR) is 124 cm³/mol. The Labute approximate surface area is 204 Å². The van der Waals surface area contributed by atoms with E-state index >= 15 is 0 Å². The number of hydrogen-bond acceptors (Lipinski definition) is 7. The van der Waals surface area contributed by atoms with Crippen LogP contribution in [0.15, 0.2) is 23.8 Å². The number of carbonyl (C=O) groups excluding carboxylic acids is 4. The van der Waals surface area contributed by atoms with Crippen LogP contribution in [0.1, 0.15) is 66.2 Å². The molecule has 0 aliphatic heterocycles. The number of halogens is 1. The van der Waals surface area contributed by atoms with Crippen molar-refractivity contribution in [2.75, 3.05) is 6.61 Å². The smallest absolute Gasteiger partial charge is 0.306 e. The molecule has 4 aliphatic rings. The van der Waals surface area contributed by atoms with Crippen molar-refractivity contribution in [2.45, 2.75) is 82.8 Å². The van der Waals surface area contributed by atoms with Crippen molar-refractivity contribution in [2.24, 2.45) is 22.7 Å². The van der Waals surface area contributed by atoms with Gasteiger partial charge in [0.1, 0.15) is 0 Å². The first-order chi connectivity index (χ1) is 15.9. The van der Waals surface area contributed by atoms with Gasteiger partial charge in [0, 0.05) is 24.2 Å². The maximum Gasteiger partial charge on any atom is 0.306 e. The number of fused-ring (bicyclic) bond motifs is 5. The van der Waals surface area contributed by atoms with Crippen molar-refractivity contribution in [3.8, 4) is 0 Å². The monoisotopic (exact) mass is 492 g/mol. The molecule has 0 aromatic rings. The lowest BCUT2D eigenvalue weighted by molar-refractivity contribution is -0.198. The number of ketones is 2. The molecular weight excluding hydrogens is 460 g/mol. The van der Waals surface area contributed by atoms with Gasteiger partial charge in [-0.1, -0.05) is 32.4 Å². The van der Waals surface area contributed by atoms with Crippen molar-refractivity contribution in [1.29, 1.82) is 0 Å². The molecule has 0 radical (unpaired) electrons. The van der Waals surface area contributed by atoms with Crippen molar-refractivity contribution < 1.29 is 33.8 Å². The highest BCUT2D eigenvalue weighted by atomic mass is 35.5. The molecule has 0 aromatic carbocycles. The minimum atomic E-state index is -1.51. The average Bonchev–Trinajstić information content (AvgIpc) is 3.06. The predicted octanol–water partition coefficient (Wildman–Crippen LogP) is 3.45. The topological polar surface area (TPSA) is 107 Å². The molecule has 3 fully saturated rings. The Morgan fingerprint density at radius 2 is 1.91 bits per heavy atom. The van der Waals surface area contributed by atoms with Gasteiger partial charge in [0.25, 0.3) is 0 Å². The summed E-state index contributed by atoms with van der Waals surface area (Å²) in [5.74, 6) is -1.93. The van der Waals surface area contributed by atoms with Crippen LogP contribution in [0.2, 0.25) is 0 Å². The van der Waals surface area contributed by atoms with Gasteiger partial charge in [-0.25, -0.2) is 0 Å². The Hall–Kier alpha value is -1.99. The molecule has 0 amide bonds. The van der Waals surface area contributed by atoms with Gasteiger partial charge < -0.3 is 14.6 Å². The zero-order valence-corrected chi connectivity index (χ0v) is 20.9. The molecule has 0 heterocycles. The molecule has 3 saturated carbocycles. The second-order valence-electron chi connectivity index (χ2n) is 10.7. The summed E-state index contributed by atoms with van der Waals surface area (Å²) in [5.41, 5.74) is -2.18. The lowest BCUT2D eigenvalue weighted by atomic mass is 9.45. The summed E-state index contributed by atoms with van der Waals surface area (Å²) in [6.45, 7) is 6.26. The van der Waals surface area contributed by atoms with Gasteiger partial charge in [0.05, 0.1) is 11.0 Å². The van der Waals surface area contributed by atoms with Gasteiger partial charge in [-0.15, -0.1) is 11.6 Å². The first kappa shape index (κ1) is 25.1. The van der Waals surface area contributed by atoms with E-state index in [4.69, 9.17) is 21.1 Å². The van der Waals surface area contributed by atoms with E-state index in [1.54, 1.807) is 13.0 Å². The third kappa shape index (κ3) is 3.26. The minimum Gasteiger partial charge on any atom is -0.458 e. The summed E-state index contributed by atoms with van der Waals surface area (Å²) >= 11 is 7.41. The highest BCUT2D eigenvalue weighted by Gasteiger charge is 2.74. The summed E-state index contributed by atoms with van der Waals surface area (Å²) in [6, 6.07) is 0. The maximum atomic E-state index is 13.5. The fourth-order valence-corrected chi connectivity index (χ4v) is 7.95. The van der Waals surface area contributed by atoms with Crippen molar-refractivity contribution in [3.63, 3.8) is 0 Å². The van der Waals surface area contributed by atoms with Crippen LogP contribution < -0.4 is 0 Å². The minimum absolute atomic E-state index is 0.0799. The number of rotatable bonds is 5. The molecule has 0 aromatic heterocycles. The number of hydrogen-bond donors (Lipinski definition) is 1. The SMILES string of the molecule is CCC(=O)O[C@]1(C(=O)COC(C)=O)CC[C@H]2[C@@H]3CCC4=CC(=O)C=C[C@]4(C)C3(Cl)C(O)C[C@@]21C. The largest absolute Gasteiger partial charge is 0.458 e. The highest BCUT2D eigenvalue weighted by Crippen LogP contribution is 2.71. The van der Waals surface area contributed by atoms with E-state index in [-0.39, 0.29) is 36.9 Å². The molecule has 0 bridgehead atoms. The molecule has 4 rings (SSSR count). The summed E-state index contributed by atoms with van der Waals surface area (Å²) in [4.78, 5) is 48.4. The van der Waals surface area contributed by atoms with E-state index in [9.17, 15) is 24.3 Å². The molecule has 8 heteroatoms. The van der Waals surface area contributed by atoms with Gasteiger partial charge in [0.2, 0.25) is 5.78 Å². The molecule has 1 N–H and O–H groups in total. The molecule has 0 spiro atoms. The van der Waals surface area contributed by atoms with E-state index in [2.05, 4.69) is 0 Å². The third-order valence-corrected chi connectivity index (χ3v) is 10.1. The molecule has 0 saturated heterocycles. The number of carbonyl (C=O) groups is 4. The van der Waals surface area contributed by atoms with Crippen molar-refractivity contribution in [1.82, 2.24) is 0 Å². The van der Waals surface area contributed by atoms with Crippen LogP contribution in [-0.2, 0) is 28.7 Å². The third-order valence-electron chi connectivity index (χ3n) is 9.19. The first-order valence-corrected chi connectivity index (χ1v) is 12.4. The van der Waals surface area contributed by atoms with Crippen LogP contribution >= 0.6 is 11.6 Å². The molecule has 4 aliphatic carbocycles. The molecule has 2 unspecified atom stereocenters. The summed E-state index contributed by atoms with van der Waals surface area (Å²) in [5, 5.41) is 11.7. The van der Waals surface area contributed by atoms with Crippen LogP contribution in [0.5, 0.6) is 0 Å². The van der Waals surface area contributed by atoms with Gasteiger partial charge in [-0.05, 0) is 56.1 Å². The van der Waals surface area contributed by atoms with Gasteiger partial charge >= 0.3 is 11.9 Å². The number of esters is 2. The molecule has 7 atom stereocenters. The quantitative estimate of drug-likeness (QED) is 0.462. The highest BCUT2D eigenvalue weighted by molar-refractivity contribution is 6.26. The van der Waals surface area contributed by atoms with Gasteiger partial charge in [-0.3, -0.25) is 19.2 Å². The van der Waals surface area contributed by atoms with E-state index in [0.29, 0.717) is 19.3 Å².